The molecule has 5 nitrogen and oxygen atoms in total. The Balaban J connectivity index is 1.41. The van der Waals surface area contributed by atoms with Crippen LogP contribution < -0.4 is 5.32 Å². The normalized spacial score (nSPS) is 15.3. The van der Waals surface area contributed by atoms with Crippen LogP contribution in [0.3, 0.4) is 0 Å². The van der Waals surface area contributed by atoms with E-state index in [0.717, 1.165) is 36.1 Å². The van der Waals surface area contributed by atoms with Gasteiger partial charge in [-0.25, -0.2) is 4.98 Å². The highest BCUT2D eigenvalue weighted by molar-refractivity contribution is 7.07. The van der Waals surface area contributed by atoms with Gasteiger partial charge in [0.2, 0.25) is 5.91 Å². The van der Waals surface area contributed by atoms with E-state index in [1.54, 1.807) is 11.3 Å². The van der Waals surface area contributed by atoms with Crippen LogP contribution in [0.25, 0.3) is 11.0 Å². The third-order valence-corrected chi connectivity index (χ3v) is 5.61. The molecule has 0 spiro atoms. The number of aliphatic hydroxyl groups is 1. The predicted molar refractivity (Wildman–Crippen MR) is 103 cm³/mol. The summed E-state index contributed by atoms with van der Waals surface area (Å²) in [5.74, 6) is 1.52. The Morgan fingerprint density at radius 3 is 2.92 bits per heavy atom. The van der Waals surface area contributed by atoms with E-state index in [1.807, 2.05) is 29.6 Å². The lowest BCUT2D eigenvalue weighted by atomic mass is 10.0. The molecule has 0 bridgehead atoms. The van der Waals surface area contributed by atoms with Crippen LogP contribution in [0.4, 0.5) is 0 Å². The molecule has 1 fully saturated rings. The summed E-state index contributed by atoms with van der Waals surface area (Å²) in [7, 11) is 0. The van der Waals surface area contributed by atoms with Gasteiger partial charge in [-0.05, 0) is 53.8 Å². The third kappa shape index (κ3) is 3.81. The Morgan fingerprint density at radius 2 is 2.19 bits per heavy atom. The third-order valence-electron chi connectivity index (χ3n) is 4.88. The smallest absolute Gasteiger partial charge is 0.240 e. The molecule has 0 aliphatic heterocycles. The van der Waals surface area contributed by atoms with Gasteiger partial charge < -0.3 is 15.0 Å². The van der Waals surface area contributed by atoms with Crippen molar-refractivity contribution >= 4 is 28.3 Å². The molecule has 1 aliphatic carbocycles. The Morgan fingerprint density at radius 1 is 1.35 bits per heavy atom. The van der Waals surface area contributed by atoms with Crippen molar-refractivity contribution in [1.29, 1.82) is 0 Å². The van der Waals surface area contributed by atoms with Crippen LogP contribution in [-0.4, -0.2) is 33.7 Å². The number of hydrogen-bond acceptors (Lipinski definition) is 4. The number of benzene rings is 1. The highest BCUT2D eigenvalue weighted by atomic mass is 32.1. The molecule has 136 valence electrons. The number of nitrogens with one attached hydrogen (secondary N) is 1. The molecule has 2 heterocycles. The van der Waals surface area contributed by atoms with Gasteiger partial charge in [0.05, 0.1) is 11.0 Å². The molecule has 1 amide bonds. The first kappa shape index (κ1) is 17.2. The molecule has 6 heteroatoms. The fourth-order valence-corrected chi connectivity index (χ4v) is 4.00. The second-order valence-electron chi connectivity index (χ2n) is 7.01. The number of fused-ring (bicyclic) bond motifs is 1. The molecule has 1 aliphatic rings. The van der Waals surface area contributed by atoms with Crippen molar-refractivity contribution < 1.29 is 9.90 Å². The quantitative estimate of drug-likeness (QED) is 0.641. The van der Waals surface area contributed by atoms with Crippen LogP contribution in [0.5, 0.6) is 0 Å². The molecular weight excluding hydrogens is 346 g/mol. The number of hydrogen-bond donors (Lipinski definition) is 2. The second kappa shape index (κ2) is 7.60. The van der Waals surface area contributed by atoms with Gasteiger partial charge in [-0.1, -0.05) is 12.1 Å². The molecule has 1 atom stereocenters. The van der Waals surface area contributed by atoms with Gasteiger partial charge in [-0.15, -0.1) is 0 Å². The average molecular weight is 369 g/mol. The number of imidazole rings is 1. The molecule has 2 N–H and O–H groups in total. The van der Waals surface area contributed by atoms with Gasteiger partial charge in [0.25, 0.3) is 0 Å². The first-order chi connectivity index (χ1) is 12.7. The molecule has 1 aromatic carbocycles. The monoisotopic (exact) mass is 369 g/mol. The van der Waals surface area contributed by atoms with Crippen LogP contribution in [0.2, 0.25) is 0 Å². The van der Waals surface area contributed by atoms with Gasteiger partial charge in [-0.3, -0.25) is 4.79 Å². The van der Waals surface area contributed by atoms with Crippen molar-refractivity contribution in [3.63, 3.8) is 0 Å². The lowest BCUT2D eigenvalue weighted by molar-refractivity contribution is -0.121. The van der Waals surface area contributed by atoms with Gasteiger partial charge >= 0.3 is 0 Å². The van der Waals surface area contributed by atoms with Gasteiger partial charge in [-0.2, -0.15) is 11.3 Å². The van der Waals surface area contributed by atoms with Crippen molar-refractivity contribution in [2.75, 3.05) is 13.2 Å². The zero-order valence-electron chi connectivity index (χ0n) is 14.6. The topological polar surface area (TPSA) is 67.2 Å². The summed E-state index contributed by atoms with van der Waals surface area (Å²) >= 11 is 1.65. The number of para-hydroxylation sites is 2. The Kier molecular flexibility index (Phi) is 5.04. The summed E-state index contributed by atoms with van der Waals surface area (Å²) in [6, 6.07) is 10.0. The standard InChI is InChI=1S/C20H23N3O2S/c24-12-15(9-14-7-8-26-13-14)10-21-19(25)11-23-18-4-2-1-3-17(18)22-20(23)16-5-6-16/h1-4,7-8,13,15-16,24H,5-6,9-12H2,(H,21,25)/t15-/m0/s1. The minimum atomic E-state index is -0.0289. The molecule has 1 saturated carbocycles. The number of amides is 1. The number of carbonyl (C=O) groups is 1. The summed E-state index contributed by atoms with van der Waals surface area (Å²) in [5, 5.41) is 16.7. The molecular formula is C20H23N3O2S. The van der Waals surface area contributed by atoms with E-state index < -0.39 is 0 Å². The van der Waals surface area contributed by atoms with Crippen LogP contribution >= 0.6 is 11.3 Å². The predicted octanol–water partition coefficient (Wildman–Crippen LogP) is 2.94. The van der Waals surface area contributed by atoms with E-state index in [0.29, 0.717) is 12.5 Å². The van der Waals surface area contributed by atoms with Crippen molar-refractivity contribution in [3.05, 3.63) is 52.5 Å². The highest BCUT2D eigenvalue weighted by Crippen LogP contribution is 2.40. The maximum atomic E-state index is 12.5. The Labute approximate surface area is 156 Å². The van der Waals surface area contributed by atoms with Gasteiger partial charge in [0, 0.05) is 25.0 Å². The average Bonchev–Trinajstić information content (AvgIpc) is 3.25. The molecule has 3 aromatic rings. The van der Waals surface area contributed by atoms with Crippen molar-refractivity contribution in [3.8, 4) is 0 Å². The largest absolute Gasteiger partial charge is 0.396 e. The van der Waals surface area contributed by atoms with Crippen molar-refractivity contribution in [2.24, 2.45) is 5.92 Å². The molecule has 2 aromatic heterocycles. The fourth-order valence-electron chi connectivity index (χ4n) is 3.31. The lowest BCUT2D eigenvalue weighted by Crippen LogP contribution is -2.34. The summed E-state index contributed by atoms with van der Waals surface area (Å²) in [4.78, 5) is 17.3. The summed E-state index contributed by atoms with van der Waals surface area (Å²) < 4.78 is 2.05. The maximum Gasteiger partial charge on any atom is 0.240 e. The number of carbonyl (C=O) groups excluding carboxylic acids is 1. The highest BCUT2D eigenvalue weighted by Gasteiger charge is 2.30. The van der Waals surface area contributed by atoms with E-state index in [1.165, 1.54) is 5.56 Å². The first-order valence-corrected chi connectivity index (χ1v) is 10.0. The Bertz CT molecular complexity index is 884. The van der Waals surface area contributed by atoms with E-state index in [4.69, 9.17) is 4.98 Å². The number of nitrogens with zero attached hydrogens (tertiary/aromatic N) is 2. The number of thiophene rings is 1. The molecule has 0 unspecified atom stereocenters. The minimum absolute atomic E-state index is 0.0289. The summed E-state index contributed by atoms with van der Waals surface area (Å²) in [6.07, 6.45) is 3.08. The fraction of sp³-hybridized carbons (Fsp3) is 0.400. The zero-order valence-corrected chi connectivity index (χ0v) is 15.4. The molecule has 26 heavy (non-hydrogen) atoms. The van der Waals surface area contributed by atoms with E-state index in [9.17, 15) is 9.90 Å². The van der Waals surface area contributed by atoms with E-state index in [2.05, 4.69) is 21.3 Å². The number of aliphatic hydroxyl groups excluding tert-OH is 1. The maximum absolute atomic E-state index is 12.5. The van der Waals surface area contributed by atoms with Gasteiger partial charge in [0.15, 0.2) is 0 Å². The van der Waals surface area contributed by atoms with Crippen LogP contribution in [-0.2, 0) is 17.8 Å². The molecule has 0 saturated heterocycles. The Hall–Kier alpha value is -2.18. The summed E-state index contributed by atoms with van der Waals surface area (Å²) in [5.41, 5.74) is 3.18. The van der Waals surface area contributed by atoms with Crippen molar-refractivity contribution in [1.82, 2.24) is 14.9 Å². The molecule has 0 radical (unpaired) electrons. The van der Waals surface area contributed by atoms with Crippen LogP contribution in [0.15, 0.2) is 41.1 Å². The zero-order chi connectivity index (χ0) is 17.9. The van der Waals surface area contributed by atoms with Crippen LogP contribution in [0.1, 0.15) is 30.1 Å². The number of aromatic nitrogens is 2. The van der Waals surface area contributed by atoms with Gasteiger partial charge in [0.1, 0.15) is 12.4 Å². The second-order valence-corrected chi connectivity index (χ2v) is 7.79. The number of rotatable bonds is 8. The first-order valence-electron chi connectivity index (χ1n) is 9.08. The molecule has 4 rings (SSSR count). The lowest BCUT2D eigenvalue weighted by Gasteiger charge is -2.15. The van der Waals surface area contributed by atoms with Crippen LogP contribution in [0, 0.1) is 5.92 Å². The SMILES string of the molecule is O=C(Cn1c(C2CC2)nc2ccccc21)NC[C@@H](CO)Cc1ccsc1. The van der Waals surface area contributed by atoms with E-state index >= 15 is 0 Å². The van der Waals surface area contributed by atoms with Crippen molar-refractivity contribution in [2.45, 2.75) is 31.7 Å². The minimum Gasteiger partial charge on any atom is -0.396 e. The van der Waals surface area contributed by atoms with E-state index in [-0.39, 0.29) is 25.0 Å². The summed E-state index contributed by atoms with van der Waals surface area (Å²) in [6.45, 7) is 0.830.